The number of thiazole rings is 1. The fourth-order valence-electron chi connectivity index (χ4n) is 2.96. The van der Waals surface area contributed by atoms with Gasteiger partial charge < -0.3 is 5.32 Å². The molecule has 2 aromatic heterocycles. The van der Waals surface area contributed by atoms with Crippen molar-refractivity contribution in [3.8, 4) is 0 Å². The fourth-order valence-corrected chi connectivity index (χ4v) is 3.83. The van der Waals surface area contributed by atoms with E-state index in [2.05, 4.69) is 20.7 Å². The molecule has 0 spiro atoms. The molecule has 2 N–H and O–H groups in total. The van der Waals surface area contributed by atoms with Gasteiger partial charge in [0.1, 0.15) is 10.8 Å². The molecule has 1 saturated carbocycles. The van der Waals surface area contributed by atoms with Gasteiger partial charge in [0.05, 0.1) is 24.5 Å². The van der Waals surface area contributed by atoms with E-state index in [4.69, 9.17) is 0 Å². The summed E-state index contributed by atoms with van der Waals surface area (Å²) < 4.78 is 1.95. The van der Waals surface area contributed by atoms with E-state index in [-0.39, 0.29) is 6.03 Å². The lowest BCUT2D eigenvalue weighted by Crippen LogP contribution is -2.30. The van der Waals surface area contributed by atoms with Crippen LogP contribution >= 0.6 is 11.3 Å². The average molecular weight is 333 g/mol. The highest BCUT2D eigenvalue weighted by Gasteiger charge is 2.19. The minimum absolute atomic E-state index is 0.215. The summed E-state index contributed by atoms with van der Waals surface area (Å²) in [7, 11) is 0. The molecule has 2 amide bonds. The molecule has 0 atom stereocenters. The van der Waals surface area contributed by atoms with Gasteiger partial charge in [-0.2, -0.15) is 5.10 Å². The topological polar surface area (TPSA) is 71.8 Å². The van der Waals surface area contributed by atoms with Crippen molar-refractivity contribution in [2.75, 3.05) is 5.32 Å². The first-order valence-corrected chi connectivity index (χ1v) is 8.96. The SMILES string of the molecule is Cc1nc(CNC(=O)Nc2ccnn2C2CCCCC2)sc1C. The zero-order valence-corrected chi connectivity index (χ0v) is 14.4. The molecule has 7 heteroatoms. The maximum atomic E-state index is 12.1. The fraction of sp³-hybridized carbons (Fsp3) is 0.562. The summed E-state index contributed by atoms with van der Waals surface area (Å²) in [6.07, 6.45) is 7.79. The number of urea groups is 1. The summed E-state index contributed by atoms with van der Waals surface area (Å²) in [5.41, 5.74) is 1.03. The van der Waals surface area contributed by atoms with Crippen LogP contribution in [0.3, 0.4) is 0 Å². The third-order valence-corrected chi connectivity index (χ3v) is 5.38. The minimum atomic E-state index is -0.215. The molecular formula is C16H23N5OS. The molecule has 2 aromatic rings. The number of carbonyl (C=O) groups is 1. The van der Waals surface area contributed by atoms with Crippen molar-refractivity contribution in [3.63, 3.8) is 0 Å². The normalized spacial score (nSPS) is 15.6. The number of aryl methyl sites for hydroxylation is 2. The van der Waals surface area contributed by atoms with Crippen molar-refractivity contribution in [2.24, 2.45) is 0 Å². The van der Waals surface area contributed by atoms with Crippen LogP contribution in [0.2, 0.25) is 0 Å². The number of amides is 2. The molecular weight excluding hydrogens is 310 g/mol. The number of rotatable bonds is 4. The summed E-state index contributed by atoms with van der Waals surface area (Å²) in [6.45, 7) is 4.47. The molecule has 3 rings (SSSR count). The number of hydrogen-bond donors (Lipinski definition) is 2. The Morgan fingerprint density at radius 1 is 1.35 bits per heavy atom. The Balaban J connectivity index is 1.56. The molecule has 0 unspecified atom stereocenters. The number of nitrogens with one attached hydrogen (secondary N) is 2. The first-order valence-electron chi connectivity index (χ1n) is 8.15. The van der Waals surface area contributed by atoms with Crippen LogP contribution in [0.15, 0.2) is 12.3 Å². The van der Waals surface area contributed by atoms with Crippen molar-refractivity contribution < 1.29 is 4.79 Å². The second-order valence-corrected chi connectivity index (χ2v) is 7.30. The van der Waals surface area contributed by atoms with E-state index in [0.29, 0.717) is 12.6 Å². The van der Waals surface area contributed by atoms with Crippen LogP contribution in [0.4, 0.5) is 10.6 Å². The molecule has 1 fully saturated rings. The lowest BCUT2D eigenvalue weighted by molar-refractivity contribution is 0.251. The van der Waals surface area contributed by atoms with Crippen molar-refractivity contribution in [3.05, 3.63) is 27.8 Å². The number of anilines is 1. The molecule has 1 aliphatic rings. The van der Waals surface area contributed by atoms with Gasteiger partial charge in [0.2, 0.25) is 0 Å². The van der Waals surface area contributed by atoms with Crippen LogP contribution in [0, 0.1) is 13.8 Å². The molecule has 2 heterocycles. The van der Waals surface area contributed by atoms with Crippen LogP contribution in [0.1, 0.15) is 53.7 Å². The van der Waals surface area contributed by atoms with Crippen LogP contribution in [0.25, 0.3) is 0 Å². The van der Waals surface area contributed by atoms with E-state index in [1.54, 1.807) is 17.5 Å². The maximum absolute atomic E-state index is 12.1. The van der Waals surface area contributed by atoms with Gasteiger partial charge in [-0.05, 0) is 26.7 Å². The zero-order chi connectivity index (χ0) is 16.2. The number of hydrogen-bond acceptors (Lipinski definition) is 4. The number of aromatic nitrogens is 3. The Morgan fingerprint density at radius 3 is 2.83 bits per heavy atom. The second kappa shape index (κ2) is 7.12. The highest BCUT2D eigenvalue weighted by atomic mass is 32.1. The summed E-state index contributed by atoms with van der Waals surface area (Å²) in [5, 5.41) is 11.1. The van der Waals surface area contributed by atoms with Crippen molar-refractivity contribution in [2.45, 2.75) is 58.5 Å². The lowest BCUT2D eigenvalue weighted by Gasteiger charge is -2.23. The largest absolute Gasteiger partial charge is 0.331 e. The molecule has 0 aromatic carbocycles. The van der Waals surface area contributed by atoms with Gasteiger partial charge in [0.15, 0.2) is 0 Å². The third-order valence-electron chi connectivity index (χ3n) is 4.31. The average Bonchev–Trinajstić information content (AvgIpc) is 3.13. The van der Waals surface area contributed by atoms with E-state index in [1.165, 1.54) is 24.1 Å². The van der Waals surface area contributed by atoms with Crippen LogP contribution in [-0.4, -0.2) is 20.8 Å². The van der Waals surface area contributed by atoms with E-state index in [0.717, 1.165) is 29.4 Å². The zero-order valence-electron chi connectivity index (χ0n) is 13.6. The van der Waals surface area contributed by atoms with Gasteiger partial charge in [0, 0.05) is 10.9 Å². The first kappa shape index (κ1) is 16.0. The van der Waals surface area contributed by atoms with Crippen molar-refractivity contribution in [1.29, 1.82) is 0 Å². The van der Waals surface area contributed by atoms with Crippen molar-refractivity contribution >= 4 is 23.2 Å². The Hall–Kier alpha value is -1.89. The Labute approximate surface area is 140 Å². The molecule has 6 nitrogen and oxygen atoms in total. The Kier molecular flexibility index (Phi) is 4.95. The predicted molar refractivity (Wildman–Crippen MR) is 91.8 cm³/mol. The third kappa shape index (κ3) is 3.90. The molecule has 1 aliphatic carbocycles. The lowest BCUT2D eigenvalue weighted by atomic mass is 9.96. The molecule has 0 saturated heterocycles. The molecule has 23 heavy (non-hydrogen) atoms. The van der Waals surface area contributed by atoms with Crippen LogP contribution in [-0.2, 0) is 6.54 Å². The van der Waals surface area contributed by atoms with E-state index in [9.17, 15) is 4.79 Å². The second-order valence-electron chi connectivity index (χ2n) is 6.01. The monoisotopic (exact) mass is 333 g/mol. The highest BCUT2D eigenvalue weighted by molar-refractivity contribution is 7.11. The van der Waals surface area contributed by atoms with E-state index in [1.807, 2.05) is 24.6 Å². The molecule has 0 aliphatic heterocycles. The first-order chi connectivity index (χ1) is 11.1. The van der Waals surface area contributed by atoms with Gasteiger partial charge in [0.25, 0.3) is 0 Å². The molecule has 0 radical (unpaired) electrons. The summed E-state index contributed by atoms with van der Waals surface area (Å²) in [6, 6.07) is 2.04. The predicted octanol–water partition coefficient (Wildman–Crippen LogP) is 3.78. The van der Waals surface area contributed by atoms with Gasteiger partial charge in [-0.3, -0.25) is 5.32 Å². The quantitative estimate of drug-likeness (QED) is 0.894. The Morgan fingerprint density at radius 2 is 2.13 bits per heavy atom. The van der Waals surface area contributed by atoms with Crippen LogP contribution < -0.4 is 10.6 Å². The smallest absolute Gasteiger partial charge is 0.320 e. The van der Waals surface area contributed by atoms with Gasteiger partial charge in [-0.25, -0.2) is 14.5 Å². The van der Waals surface area contributed by atoms with Gasteiger partial charge >= 0.3 is 6.03 Å². The maximum Gasteiger partial charge on any atom is 0.320 e. The van der Waals surface area contributed by atoms with Gasteiger partial charge in [-0.15, -0.1) is 11.3 Å². The number of nitrogens with zero attached hydrogens (tertiary/aromatic N) is 3. The standard InChI is InChI=1S/C16H23N5OS/c1-11-12(2)23-15(19-11)10-17-16(22)20-14-8-9-18-21(14)13-6-4-3-5-7-13/h8-9,13H,3-7,10H2,1-2H3,(H2,17,20,22). The minimum Gasteiger partial charge on any atom is -0.331 e. The molecule has 0 bridgehead atoms. The van der Waals surface area contributed by atoms with Crippen LogP contribution in [0.5, 0.6) is 0 Å². The summed E-state index contributed by atoms with van der Waals surface area (Å²) in [4.78, 5) is 17.7. The van der Waals surface area contributed by atoms with E-state index >= 15 is 0 Å². The Bertz CT molecular complexity index is 652. The highest BCUT2D eigenvalue weighted by Crippen LogP contribution is 2.29. The molecule has 124 valence electrons. The summed E-state index contributed by atoms with van der Waals surface area (Å²) in [5.74, 6) is 0.765. The van der Waals surface area contributed by atoms with E-state index < -0.39 is 0 Å². The van der Waals surface area contributed by atoms with Gasteiger partial charge in [-0.1, -0.05) is 19.3 Å². The number of carbonyl (C=O) groups excluding carboxylic acids is 1. The summed E-state index contributed by atoms with van der Waals surface area (Å²) >= 11 is 1.62. The van der Waals surface area contributed by atoms with Crippen molar-refractivity contribution in [1.82, 2.24) is 20.1 Å².